The minimum Gasteiger partial charge on any atom is -0.347 e. The predicted octanol–water partition coefficient (Wildman–Crippen LogP) is 1.01. The SMILES string of the molecule is NC1CCC(C(=O)NCC(=O)Nc2cccc(F)c2)C1. The summed E-state index contributed by atoms with van der Waals surface area (Å²) in [6.07, 6.45) is 2.27. The molecular formula is C14H18FN3O2. The normalized spacial score (nSPS) is 21.5. The van der Waals surface area contributed by atoms with Crippen molar-refractivity contribution >= 4 is 17.5 Å². The smallest absolute Gasteiger partial charge is 0.243 e. The van der Waals surface area contributed by atoms with E-state index in [0.29, 0.717) is 12.1 Å². The molecule has 0 spiro atoms. The molecule has 6 heteroatoms. The van der Waals surface area contributed by atoms with Gasteiger partial charge in [0.05, 0.1) is 6.54 Å². The number of halogens is 1. The minimum atomic E-state index is -0.424. The Morgan fingerprint density at radius 1 is 1.35 bits per heavy atom. The number of anilines is 1. The fraction of sp³-hybridized carbons (Fsp3) is 0.429. The predicted molar refractivity (Wildman–Crippen MR) is 73.4 cm³/mol. The van der Waals surface area contributed by atoms with Crippen molar-refractivity contribution in [3.63, 3.8) is 0 Å². The summed E-state index contributed by atoms with van der Waals surface area (Å²) >= 11 is 0. The maximum Gasteiger partial charge on any atom is 0.243 e. The van der Waals surface area contributed by atoms with Crippen molar-refractivity contribution in [1.29, 1.82) is 0 Å². The molecule has 0 bridgehead atoms. The van der Waals surface area contributed by atoms with E-state index >= 15 is 0 Å². The third-order valence-electron chi connectivity index (χ3n) is 3.38. The van der Waals surface area contributed by atoms with E-state index in [0.717, 1.165) is 12.8 Å². The second-order valence-corrected chi connectivity index (χ2v) is 5.05. The Balaban J connectivity index is 1.76. The Hall–Kier alpha value is -1.95. The molecule has 0 aliphatic heterocycles. The molecule has 20 heavy (non-hydrogen) atoms. The van der Waals surface area contributed by atoms with Gasteiger partial charge in [0.25, 0.3) is 0 Å². The second kappa shape index (κ2) is 6.47. The van der Waals surface area contributed by atoms with E-state index < -0.39 is 5.82 Å². The highest BCUT2D eigenvalue weighted by molar-refractivity contribution is 5.94. The summed E-state index contributed by atoms with van der Waals surface area (Å²) in [4.78, 5) is 23.4. The number of benzene rings is 1. The Bertz CT molecular complexity index is 507. The van der Waals surface area contributed by atoms with E-state index in [1.54, 1.807) is 6.07 Å². The van der Waals surface area contributed by atoms with E-state index in [1.807, 2.05) is 0 Å². The van der Waals surface area contributed by atoms with Crippen LogP contribution in [0.25, 0.3) is 0 Å². The number of nitrogens with two attached hydrogens (primary N) is 1. The van der Waals surface area contributed by atoms with Crippen LogP contribution in [-0.4, -0.2) is 24.4 Å². The van der Waals surface area contributed by atoms with E-state index in [2.05, 4.69) is 10.6 Å². The fourth-order valence-electron chi connectivity index (χ4n) is 2.34. The average molecular weight is 279 g/mol. The molecule has 2 rings (SSSR count). The molecule has 1 aromatic carbocycles. The summed E-state index contributed by atoms with van der Waals surface area (Å²) in [5.74, 6) is -1.06. The molecular weight excluding hydrogens is 261 g/mol. The lowest BCUT2D eigenvalue weighted by atomic mass is 10.1. The number of nitrogens with one attached hydrogen (secondary N) is 2. The molecule has 1 aliphatic rings. The lowest BCUT2D eigenvalue weighted by Gasteiger charge is -2.11. The van der Waals surface area contributed by atoms with Crippen molar-refractivity contribution in [3.8, 4) is 0 Å². The van der Waals surface area contributed by atoms with Crippen LogP contribution >= 0.6 is 0 Å². The summed E-state index contributed by atoms with van der Waals surface area (Å²) in [5, 5.41) is 5.10. The van der Waals surface area contributed by atoms with Crippen molar-refractivity contribution in [3.05, 3.63) is 30.1 Å². The Morgan fingerprint density at radius 3 is 2.80 bits per heavy atom. The number of rotatable bonds is 4. The van der Waals surface area contributed by atoms with E-state index in [4.69, 9.17) is 5.73 Å². The molecule has 1 aliphatic carbocycles. The van der Waals surface area contributed by atoms with Gasteiger partial charge >= 0.3 is 0 Å². The number of carbonyl (C=O) groups is 2. The Labute approximate surface area is 116 Å². The first-order chi connectivity index (χ1) is 9.54. The maximum atomic E-state index is 12.9. The molecule has 1 fully saturated rings. The molecule has 1 aromatic rings. The summed E-state index contributed by atoms with van der Waals surface area (Å²) in [7, 11) is 0. The number of carbonyl (C=O) groups excluding carboxylic acids is 2. The molecule has 1 saturated carbocycles. The van der Waals surface area contributed by atoms with Gasteiger partial charge < -0.3 is 16.4 Å². The van der Waals surface area contributed by atoms with Crippen LogP contribution in [0.3, 0.4) is 0 Å². The van der Waals surface area contributed by atoms with Crippen molar-refractivity contribution in [2.75, 3.05) is 11.9 Å². The first-order valence-corrected chi connectivity index (χ1v) is 6.63. The highest BCUT2D eigenvalue weighted by atomic mass is 19.1. The highest BCUT2D eigenvalue weighted by Gasteiger charge is 2.27. The van der Waals surface area contributed by atoms with E-state index in [9.17, 15) is 14.0 Å². The van der Waals surface area contributed by atoms with Crippen LogP contribution in [0.1, 0.15) is 19.3 Å². The van der Waals surface area contributed by atoms with Crippen LogP contribution in [0.5, 0.6) is 0 Å². The van der Waals surface area contributed by atoms with Crippen LogP contribution in [0.2, 0.25) is 0 Å². The molecule has 0 heterocycles. The molecule has 2 unspecified atom stereocenters. The van der Waals surface area contributed by atoms with Gasteiger partial charge in [0.2, 0.25) is 11.8 Å². The largest absolute Gasteiger partial charge is 0.347 e. The Kier molecular flexibility index (Phi) is 4.68. The van der Waals surface area contributed by atoms with Gasteiger partial charge in [-0.2, -0.15) is 0 Å². The minimum absolute atomic E-state index is 0.0758. The molecule has 2 amide bonds. The summed E-state index contributed by atoms with van der Waals surface area (Å²) in [6, 6.07) is 5.67. The van der Waals surface area contributed by atoms with E-state index in [1.165, 1.54) is 18.2 Å². The second-order valence-electron chi connectivity index (χ2n) is 5.05. The van der Waals surface area contributed by atoms with Gasteiger partial charge in [0.15, 0.2) is 0 Å². The molecule has 0 radical (unpaired) electrons. The lowest BCUT2D eigenvalue weighted by Crippen LogP contribution is -2.36. The topological polar surface area (TPSA) is 84.2 Å². The van der Waals surface area contributed by atoms with Gasteiger partial charge in [0, 0.05) is 17.6 Å². The van der Waals surface area contributed by atoms with Crippen molar-refractivity contribution < 1.29 is 14.0 Å². The monoisotopic (exact) mass is 279 g/mol. The maximum absolute atomic E-state index is 12.9. The molecule has 4 N–H and O–H groups in total. The van der Waals surface area contributed by atoms with Crippen LogP contribution in [0, 0.1) is 11.7 Å². The number of hydrogen-bond donors (Lipinski definition) is 3. The first-order valence-electron chi connectivity index (χ1n) is 6.63. The standard InChI is InChI=1S/C14H18FN3O2/c15-10-2-1-3-12(7-10)18-13(19)8-17-14(20)9-4-5-11(16)6-9/h1-3,7,9,11H,4-6,8,16H2,(H,17,20)(H,18,19). The van der Waals surface area contributed by atoms with Crippen LogP contribution in [0.15, 0.2) is 24.3 Å². The fourth-order valence-corrected chi connectivity index (χ4v) is 2.34. The number of amides is 2. The summed E-state index contributed by atoms with van der Waals surface area (Å²) in [6.45, 7) is -0.124. The van der Waals surface area contributed by atoms with Gasteiger partial charge in [-0.15, -0.1) is 0 Å². The third-order valence-corrected chi connectivity index (χ3v) is 3.38. The third kappa shape index (κ3) is 4.03. The van der Waals surface area contributed by atoms with Gasteiger partial charge in [-0.1, -0.05) is 6.07 Å². The summed E-state index contributed by atoms with van der Waals surface area (Å²) in [5.41, 5.74) is 6.11. The van der Waals surface area contributed by atoms with Crippen LogP contribution in [-0.2, 0) is 9.59 Å². The molecule has 0 saturated heterocycles. The van der Waals surface area contributed by atoms with Crippen molar-refractivity contribution in [2.45, 2.75) is 25.3 Å². The van der Waals surface area contributed by atoms with Crippen LogP contribution < -0.4 is 16.4 Å². The van der Waals surface area contributed by atoms with Gasteiger partial charge in [-0.05, 0) is 37.5 Å². The van der Waals surface area contributed by atoms with E-state index in [-0.39, 0.29) is 30.3 Å². The number of hydrogen-bond acceptors (Lipinski definition) is 3. The average Bonchev–Trinajstić information content (AvgIpc) is 2.83. The molecule has 2 atom stereocenters. The zero-order valence-electron chi connectivity index (χ0n) is 11.1. The van der Waals surface area contributed by atoms with Crippen molar-refractivity contribution in [1.82, 2.24) is 5.32 Å². The van der Waals surface area contributed by atoms with Gasteiger partial charge in [0.1, 0.15) is 5.82 Å². The zero-order chi connectivity index (χ0) is 14.5. The van der Waals surface area contributed by atoms with Gasteiger partial charge in [-0.3, -0.25) is 9.59 Å². The van der Waals surface area contributed by atoms with Crippen molar-refractivity contribution in [2.24, 2.45) is 11.7 Å². The quantitative estimate of drug-likeness (QED) is 0.769. The first kappa shape index (κ1) is 14.5. The zero-order valence-corrected chi connectivity index (χ0v) is 11.1. The molecule has 0 aromatic heterocycles. The Morgan fingerprint density at radius 2 is 2.15 bits per heavy atom. The summed E-state index contributed by atoms with van der Waals surface area (Å²) < 4.78 is 12.9. The lowest BCUT2D eigenvalue weighted by molar-refractivity contribution is -0.127. The molecule has 5 nitrogen and oxygen atoms in total. The highest BCUT2D eigenvalue weighted by Crippen LogP contribution is 2.23. The van der Waals surface area contributed by atoms with Gasteiger partial charge in [-0.25, -0.2) is 4.39 Å². The van der Waals surface area contributed by atoms with Crippen LogP contribution in [0.4, 0.5) is 10.1 Å². The molecule has 108 valence electrons.